The fourth-order valence-corrected chi connectivity index (χ4v) is 2.00. The van der Waals surface area contributed by atoms with E-state index in [1.807, 2.05) is 11.8 Å². The second-order valence-electron chi connectivity index (χ2n) is 4.22. The van der Waals surface area contributed by atoms with Crippen LogP contribution in [0.25, 0.3) is 0 Å². The fraction of sp³-hybridized carbons (Fsp3) is 0.667. The van der Waals surface area contributed by atoms with Gasteiger partial charge in [-0.3, -0.25) is 9.69 Å². The van der Waals surface area contributed by atoms with E-state index in [0.29, 0.717) is 5.69 Å². The van der Waals surface area contributed by atoms with Gasteiger partial charge in [0.15, 0.2) is 5.69 Å². The van der Waals surface area contributed by atoms with Crippen LogP contribution in [-0.4, -0.2) is 66.8 Å². The zero-order valence-electron chi connectivity index (χ0n) is 10.7. The van der Waals surface area contributed by atoms with Crippen LogP contribution >= 0.6 is 0 Å². The van der Waals surface area contributed by atoms with Crippen LogP contribution in [0.3, 0.4) is 0 Å². The third-order valence-electron chi connectivity index (χ3n) is 3.07. The zero-order valence-corrected chi connectivity index (χ0v) is 10.7. The second-order valence-corrected chi connectivity index (χ2v) is 4.22. The summed E-state index contributed by atoms with van der Waals surface area (Å²) in [6.45, 7) is 7.68. The Bertz CT molecular complexity index is 359. The molecule has 0 N–H and O–H groups in total. The molecule has 0 bridgehead atoms. The van der Waals surface area contributed by atoms with Crippen LogP contribution in [0, 0.1) is 0 Å². The van der Waals surface area contributed by atoms with Crippen molar-refractivity contribution in [1.82, 2.24) is 15.0 Å². The SMILES string of the molecule is CCOCCN1CCN(C(=O)c2ccon2)CC1. The van der Waals surface area contributed by atoms with Crippen molar-refractivity contribution in [1.29, 1.82) is 0 Å². The molecule has 1 amide bonds. The first-order chi connectivity index (χ1) is 8.81. The van der Waals surface area contributed by atoms with E-state index < -0.39 is 0 Å². The van der Waals surface area contributed by atoms with Crippen molar-refractivity contribution in [3.05, 3.63) is 18.0 Å². The monoisotopic (exact) mass is 253 g/mol. The summed E-state index contributed by atoms with van der Waals surface area (Å²) in [5.74, 6) is -0.0480. The van der Waals surface area contributed by atoms with Crippen LogP contribution in [0.15, 0.2) is 16.9 Å². The molecule has 1 aromatic rings. The number of piperazine rings is 1. The third kappa shape index (κ3) is 3.30. The first-order valence-electron chi connectivity index (χ1n) is 6.31. The molecule has 100 valence electrons. The summed E-state index contributed by atoms with van der Waals surface area (Å²) in [5, 5.41) is 3.67. The Labute approximate surface area is 106 Å². The lowest BCUT2D eigenvalue weighted by Gasteiger charge is -2.34. The van der Waals surface area contributed by atoms with Crippen molar-refractivity contribution >= 4 is 5.91 Å². The molecule has 0 aliphatic carbocycles. The van der Waals surface area contributed by atoms with E-state index in [9.17, 15) is 4.79 Å². The summed E-state index contributed by atoms with van der Waals surface area (Å²) in [4.78, 5) is 16.1. The Balaban J connectivity index is 1.75. The predicted octanol–water partition coefficient (Wildman–Crippen LogP) is 0.469. The molecular formula is C12H19N3O3. The number of hydrogen-bond acceptors (Lipinski definition) is 5. The van der Waals surface area contributed by atoms with Gasteiger partial charge < -0.3 is 14.2 Å². The maximum atomic E-state index is 12.0. The highest BCUT2D eigenvalue weighted by atomic mass is 16.5. The number of carbonyl (C=O) groups excluding carboxylic acids is 1. The molecular weight excluding hydrogens is 234 g/mol. The van der Waals surface area contributed by atoms with Crippen molar-refractivity contribution in [2.24, 2.45) is 0 Å². The standard InChI is InChI=1S/C12H19N3O3/c1-2-17-10-8-14-4-6-15(7-5-14)12(16)11-3-9-18-13-11/h3,9H,2,4-8,10H2,1H3. The average Bonchev–Trinajstić information content (AvgIpc) is 2.93. The maximum Gasteiger partial charge on any atom is 0.276 e. The molecule has 1 aromatic heterocycles. The van der Waals surface area contributed by atoms with Crippen LogP contribution in [0.4, 0.5) is 0 Å². The number of amides is 1. The lowest BCUT2D eigenvalue weighted by molar-refractivity contribution is 0.0556. The number of ether oxygens (including phenoxy) is 1. The molecule has 0 radical (unpaired) electrons. The van der Waals surface area contributed by atoms with Crippen LogP contribution in [0.5, 0.6) is 0 Å². The minimum Gasteiger partial charge on any atom is -0.380 e. The van der Waals surface area contributed by atoms with Gasteiger partial charge in [0.25, 0.3) is 5.91 Å². The molecule has 1 fully saturated rings. The van der Waals surface area contributed by atoms with Gasteiger partial charge in [0.1, 0.15) is 6.26 Å². The molecule has 0 saturated carbocycles. The Morgan fingerprint density at radius 3 is 2.83 bits per heavy atom. The summed E-state index contributed by atoms with van der Waals surface area (Å²) < 4.78 is 10.0. The van der Waals surface area contributed by atoms with Crippen LogP contribution < -0.4 is 0 Å². The highest BCUT2D eigenvalue weighted by molar-refractivity contribution is 5.92. The maximum absolute atomic E-state index is 12.0. The summed E-state index contributed by atoms with van der Waals surface area (Å²) in [7, 11) is 0. The minimum absolute atomic E-state index is 0.0480. The number of carbonyl (C=O) groups is 1. The van der Waals surface area contributed by atoms with Gasteiger partial charge in [-0.05, 0) is 6.92 Å². The quantitative estimate of drug-likeness (QED) is 0.714. The van der Waals surface area contributed by atoms with Crippen molar-refractivity contribution < 1.29 is 14.1 Å². The first kappa shape index (κ1) is 13.0. The van der Waals surface area contributed by atoms with E-state index in [1.54, 1.807) is 6.07 Å². The largest absolute Gasteiger partial charge is 0.380 e. The molecule has 0 unspecified atom stereocenters. The molecule has 1 aliphatic rings. The number of aromatic nitrogens is 1. The zero-order chi connectivity index (χ0) is 12.8. The Morgan fingerprint density at radius 1 is 1.44 bits per heavy atom. The molecule has 6 nitrogen and oxygen atoms in total. The second kappa shape index (κ2) is 6.51. The van der Waals surface area contributed by atoms with Crippen molar-refractivity contribution in [2.45, 2.75) is 6.92 Å². The summed E-state index contributed by atoms with van der Waals surface area (Å²) in [5.41, 5.74) is 0.387. The summed E-state index contributed by atoms with van der Waals surface area (Å²) in [6.07, 6.45) is 1.42. The summed E-state index contributed by atoms with van der Waals surface area (Å²) >= 11 is 0. The van der Waals surface area contributed by atoms with Crippen molar-refractivity contribution in [3.8, 4) is 0 Å². The molecule has 18 heavy (non-hydrogen) atoms. The fourth-order valence-electron chi connectivity index (χ4n) is 2.00. The van der Waals surface area contributed by atoms with Gasteiger partial charge in [0, 0.05) is 45.4 Å². The number of rotatable bonds is 5. The molecule has 0 atom stereocenters. The molecule has 2 heterocycles. The molecule has 0 spiro atoms. The van der Waals surface area contributed by atoms with Gasteiger partial charge in [-0.15, -0.1) is 0 Å². The van der Waals surface area contributed by atoms with Gasteiger partial charge in [-0.1, -0.05) is 5.16 Å². The Morgan fingerprint density at radius 2 is 2.22 bits per heavy atom. The molecule has 2 rings (SSSR count). The molecule has 1 saturated heterocycles. The topological polar surface area (TPSA) is 58.8 Å². The van der Waals surface area contributed by atoms with Gasteiger partial charge in [-0.25, -0.2) is 0 Å². The van der Waals surface area contributed by atoms with E-state index in [-0.39, 0.29) is 5.91 Å². The van der Waals surface area contributed by atoms with Crippen molar-refractivity contribution in [2.75, 3.05) is 45.9 Å². The third-order valence-corrected chi connectivity index (χ3v) is 3.07. The molecule has 6 heteroatoms. The highest BCUT2D eigenvalue weighted by Crippen LogP contribution is 2.07. The predicted molar refractivity (Wildman–Crippen MR) is 65.3 cm³/mol. The summed E-state index contributed by atoms with van der Waals surface area (Å²) in [6, 6.07) is 1.60. The van der Waals surface area contributed by atoms with E-state index in [4.69, 9.17) is 4.74 Å². The lowest BCUT2D eigenvalue weighted by Crippen LogP contribution is -2.49. The van der Waals surface area contributed by atoms with Crippen LogP contribution in [0.2, 0.25) is 0 Å². The van der Waals surface area contributed by atoms with E-state index in [2.05, 4.69) is 14.6 Å². The molecule has 1 aliphatic heterocycles. The average molecular weight is 253 g/mol. The first-order valence-corrected chi connectivity index (χ1v) is 6.31. The van der Waals surface area contributed by atoms with E-state index in [1.165, 1.54) is 6.26 Å². The number of hydrogen-bond donors (Lipinski definition) is 0. The van der Waals surface area contributed by atoms with Crippen LogP contribution in [-0.2, 0) is 4.74 Å². The number of nitrogens with zero attached hydrogens (tertiary/aromatic N) is 3. The minimum atomic E-state index is -0.0480. The van der Waals surface area contributed by atoms with Crippen LogP contribution in [0.1, 0.15) is 17.4 Å². The van der Waals surface area contributed by atoms with Gasteiger partial charge >= 0.3 is 0 Å². The highest BCUT2D eigenvalue weighted by Gasteiger charge is 2.23. The Hall–Kier alpha value is -1.40. The lowest BCUT2D eigenvalue weighted by atomic mass is 10.3. The van der Waals surface area contributed by atoms with E-state index in [0.717, 1.165) is 45.9 Å². The smallest absolute Gasteiger partial charge is 0.276 e. The Kier molecular flexibility index (Phi) is 4.72. The van der Waals surface area contributed by atoms with E-state index >= 15 is 0 Å². The molecule has 0 aromatic carbocycles. The van der Waals surface area contributed by atoms with Gasteiger partial charge in [0.05, 0.1) is 6.61 Å². The normalized spacial score (nSPS) is 17.1. The van der Waals surface area contributed by atoms with Crippen molar-refractivity contribution in [3.63, 3.8) is 0 Å². The van der Waals surface area contributed by atoms with Gasteiger partial charge in [0.2, 0.25) is 0 Å². The van der Waals surface area contributed by atoms with Gasteiger partial charge in [-0.2, -0.15) is 0 Å².